The van der Waals surface area contributed by atoms with E-state index in [0.29, 0.717) is 6.42 Å². The van der Waals surface area contributed by atoms with Crippen molar-refractivity contribution >= 4 is 17.7 Å². The lowest BCUT2D eigenvalue weighted by Crippen LogP contribution is -2.33. The lowest BCUT2D eigenvalue weighted by atomic mass is 9.81. The summed E-state index contributed by atoms with van der Waals surface area (Å²) in [4.78, 5) is 23.9. The first-order valence-corrected chi connectivity index (χ1v) is 8.80. The lowest BCUT2D eigenvalue weighted by molar-refractivity contribution is -0.119. The van der Waals surface area contributed by atoms with Crippen LogP contribution in [-0.4, -0.2) is 48.6 Å². The maximum absolute atomic E-state index is 14.6. The number of aliphatic hydroxyl groups is 1. The highest BCUT2D eigenvalue weighted by Gasteiger charge is 2.36. The number of aliphatic hydroxyl groups excluding tert-OH is 1. The molecule has 4 atom stereocenters. The minimum atomic E-state index is -1.48. The second kappa shape index (κ2) is 7.75. The summed E-state index contributed by atoms with van der Waals surface area (Å²) in [5.41, 5.74) is -0.229. The molecular formula is C18H21F3N2O4. The summed E-state index contributed by atoms with van der Waals surface area (Å²) in [7, 11) is 0. The van der Waals surface area contributed by atoms with Gasteiger partial charge in [-0.3, -0.25) is 9.69 Å². The summed E-state index contributed by atoms with van der Waals surface area (Å²) in [6.45, 7) is 1.35. The van der Waals surface area contributed by atoms with E-state index in [-0.39, 0.29) is 43.1 Å². The monoisotopic (exact) mass is 386 g/mol. The molecule has 2 amide bonds. The number of nitrogens with zero attached hydrogens (tertiary/aromatic N) is 1. The number of carbonyl (C=O) groups excluding carboxylic acids is 2. The van der Waals surface area contributed by atoms with Crippen LogP contribution >= 0.6 is 0 Å². The first kappa shape index (κ1) is 19.5. The van der Waals surface area contributed by atoms with Gasteiger partial charge in [-0.1, -0.05) is 0 Å². The molecule has 0 bridgehead atoms. The van der Waals surface area contributed by atoms with Crippen molar-refractivity contribution in [1.82, 2.24) is 5.32 Å². The first-order chi connectivity index (χ1) is 12.8. The van der Waals surface area contributed by atoms with Gasteiger partial charge in [0.2, 0.25) is 5.91 Å². The molecule has 1 aliphatic heterocycles. The predicted octanol–water partition coefficient (Wildman–Crippen LogP) is 2.39. The Labute approximate surface area is 154 Å². The van der Waals surface area contributed by atoms with Crippen molar-refractivity contribution in [3.8, 4) is 0 Å². The van der Waals surface area contributed by atoms with Crippen LogP contribution in [0.25, 0.3) is 0 Å². The van der Waals surface area contributed by atoms with Gasteiger partial charge in [0.1, 0.15) is 23.9 Å². The molecule has 27 heavy (non-hydrogen) atoms. The lowest BCUT2D eigenvalue weighted by Gasteiger charge is -2.29. The van der Waals surface area contributed by atoms with Gasteiger partial charge in [0.05, 0.1) is 24.9 Å². The molecule has 6 nitrogen and oxygen atoms in total. The number of hydrogen-bond donors (Lipinski definition) is 2. The number of cyclic esters (lactones) is 1. The normalized spacial score (nSPS) is 28.2. The Morgan fingerprint density at radius 3 is 2.74 bits per heavy atom. The molecule has 1 unspecified atom stereocenters. The number of rotatable bonds is 4. The van der Waals surface area contributed by atoms with Crippen molar-refractivity contribution in [3.63, 3.8) is 0 Å². The zero-order chi connectivity index (χ0) is 19.7. The number of anilines is 1. The quantitative estimate of drug-likeness (QED) is 0.833. The van der Waals surface area contributed by atoms with Gasteiger partial charge in [-0.15, -0.1) is 0 Å². The number of benzene rings is 1. The number of nitrogens with one attached hydrogen (secondary N) is 1. The summed E-state index contributed by atoms with van der Waals surface area (Å²) in [6, 6.07) is 1.89. The Morgan fingerprint density at radius 1 is 1.33 bits per heavy atom. The second-order valence-corrected chi connectivity index (χ2v) is 6.97. The van der Waals surface area contributed by atoms with E-state index in [1.807, 2.05) is 0 Å². The van der Waals surface area contributed by atoms with E-state index in [9.17, 15) is 27.9 Å². The van der Waals surface area contributed by atoms with Crippen LogP contribution in [-0.2, 0) is 9.53 Å². The van der Waals surface area contributed by atoms with Crippen molar-refractivity contribution in [2.45, 2.75) is 50.5 Å². The van der Waals surface area contributed by atoms with Gasteiger partial charge in [0, 0.05) is 13.0 Å². The summed E-state index contributed by atoms with van der Waals surface area (Å²) in [5.74, 6) is -2.39. The highest BCUT2D eigenvalue weighted by Crippen LogP contribution is 2.38. The molecule has 1 saturated heterocycles. The van der Waals surface area contributed by atoms with Crippen LogP contribution in [0.3, 0.4) is 0 Å². The van der Waals surface area contributed by atoms with Crippen molar-refractivity contribution in [1.29, 1.82) is 0 Å². The maximum Gasteiger partial charge on any atom is 0.414 e. The fraction of sp³-hybridized carbons (Fsp3) is 0.556. The Morgan fingerprint density at radius 2 is 2.07 bits per heavy atom. The minimum absolute atomic E-state index is 0.0308. The zero-order valence-electron chi connectivity index (χ0n) is 14.8. The molecule has 2 fully saturated rings. The maximum atomic E-state index is 14.6. The van der Waals surface area contributed by atoms with Crippen LogP contribution in [0.4, 0.5) is 23.7 Å². The SMILES string of the molecule is CC(=O)NC[C@H]1CN(c2cc(F)c([C@H]3CC[C@@H](O)C(F)C3)cc2F)C(=O)O1. The molecule has 2 N–H and O–H groups in total. The highest BCUT2D eigenvalue weighted by molar-refractivity contribution is 5.90. The van der Waals surface area contributed by atoms with Gasteiger partial charge in [-0.05, 0) is 36.8 Å². The molecule has 0 aromatic heterocycles. The summed E-state index contributed by atoms with van der Waals surface area (Å²) in [6.07, 6.45) is -3.61. The number of amides is 2. The van der Waals surface area contributed by atoms with Gasteiger partial charge >= 0.3 is 6.09 Å². The Kier molecular flexibility index (Phi) is 5.59. The highest BCUT2D eigenvalue weighted by atomic mass is 19.1. The van der Waals surface area contributed by atoms with E-state index < -0.39 is 42.0 Å². The third kappa shape index (κ3) is 4.18. The van der Waals surface area contributed by atoms with Crippen LogP contribution < -0.4 is 10.2 Å². The molecule has 2 aliphatic rings. The summed E-state index contributed by atoms with van der Waals surface area (Å²) >= 11 is 0. The van der Waals surface area contributed by atoms with Gasteiger partial charge < -0.3 is 15.2 Å². The Bertz CT molecular complexity index is 746. The second-order valence-electron chi connectivity index (χ2n) is 6.97. The molecule has 0 radical (unpaired) electrons. The van der Waals surface area contributed by atoms with E-state index in [2.05, 4.69) is 5.32 Å². The van der Waals surface area contributed by atoms with Crippen LogP contribution in [0.2, 0.25) is 0 Å². The van der Waals surface area contributed by atoms with E-state index in [4.69, 9.17) is 4.74 Å². The average Bonchev–Trinajstić information content (AvgIpc) is 2.98. The summed E-state index contributed by atoms with van der Waals surface area (Å²) in [5, 5.41) is 12.0. The van der Waals surface area contributed by atoms with E-state index in [0.717, 1.165) is 17.0 Å². The van der Waals surface area contributed by atoms with Gasteiger partial charge in [0.25, 0.3) is 0 Å². The fourth-order valence-corrected chi connectivity index (χ4v) is 3.54. The topological polar surface area (TPSA) is 78.9 Å². The summed E-state index contributed by atoms with van der Waals surface area (Å²) < 4.78 is 48.0. The smallest absolute Gasteiger partial charge is 0.414 e. The van der Waals surface area contributed by atoms with Crippen molar-refractivity contribution < 1.29 is 32.6 Å². The van der Waals surface area contributed by atoms with E-state index in [1.165, 1.54) is 6.92 Å². The van der Waals surface area contributed by atoms with Gasteiger partial charge in [-0.2, -0.15) is 0 Å². The van der Waals surface area contributed by atoms with Crippen molar-refractivity contribution in [3.05, 3.63) is 29.3 Å². The Balaban J connectivity index is 1.77. The number of ether oxygens (including phenoxy) is 1. The molecule has 1 aliphatic carbocycles. The van der Waals surface area contributed by atoms with Gasteiger partial charge in [0.15, 0.2) is 0 Å². The zero-order valence-corrected chi connectivity index (χ0v) is 14.8. The van der Waals surface area contributed by atoms with E-state index in [1.54, 1.807) is 0 Å². The first-order valence-electron chi connectivity index (χ1n) is 8.80. The third-order valence-electron chi connectivity index (χ3n) is 4.99. The number of halogens is 3. The minimum Gasteiger partial charge on any atom is -0.442 e. The van der Waals surface area contributed by atoms with Crippen molar-refractivity contribution in [2.24, 2.45) is 0 Å². The fourth-order valence-electron chi connectivity index (χ4n) is 3.54. The van der Waals surface area contributed by atoms with Crippen molar-refractivity contribution in [2.75, 3.05) is 18.0 Å². The number of hydrogen-bond acceptors (Lipinski definition) is 4. The molecule has 3 rings (SSSR count). The van der Waals surface area contributed by atoms with Crippen LogP contribution in [0.1, 0.15) is 37.7 Å². The number of carbonyl (C=O) groups is 2. The standard InChI is InChI=1S/C18H21F3N2O4/c1-9(24)22-7-11-8-23(18(26)27-11)16-6-13(19)12(5-14(16)20)10-2-3-17(25)15(21)4-10/h5-6,10-11,15,17,25H,2-4,7-8H2,1H3,(H,22,24)/t10-,11-,15?,17+/m0/s1. The molecule has 0 spiro atoms. The van der Waals surface area contributed by atoms with Crippen LogP contribution in [0.5, 0.6) is 0 Å². The average molecular weight is 386 g/mol. The predicted molar refractivity (Wildman–Crippen MR) is 90.2 cm³/mol. The molecule has 9 heteroatoms. The van der Waals surface area contributed by atoms with E-state index >= 15 is 0 Å². The molecule has 1 aromatic rings. The Hall–Kier alpha value is -2.29. The number of alkyl halides is 1. The molecule has 148 valence electrons. The molecule has 1 saturated carbocycles. The molecule has 1 heterocycles. The molecular weight excluding hydrogens is 365 g/mol. The molecule has 1 aromatic carbocycles. The van der Waals surface area contributed by atoms with Crippen LogP contribution in [0, 0.1) is 11.6 Å². The third-order valence-corrected chi connectivity index (χ3v) is 4.99. The largest absolute Gasteiger partial charge is 0.442 e. The van der Waals surface area contributed by atoms with Crippen LogP contribution in [0.15, 0.2) is 12.1 Å². The van der Waals surface area contributed by atoms with Gasteiger partial charge in [-0.25, -0.2) is 18.0 Å².